The molecule has 0 atom stereocenters. The van der Waals surface area contributed by atoms with Crippen molar-refractivity contribution >= 4 is 50.8 Å². The Balaban J connectivity index is 2.04. The van der Waals surface area contributed by atoms with Gasteiger partial charge in [0.25, 0.3) is 10.0 Å². The summed E-state index contributed by atoms with van der Waals surface area (Å²) in [6, 6.07) is 10.6. The lowest BCUT2D eigenvalue weighted by Crippen LogP contribution is -2.38. The Labute approximate surface area is 234 Å². The van der Waals surface area contributed by atoms with Crippen LogP contribution in [0.4, 0.5) is 15.8 Å². The zero-order chi connectivity index (χ0) is 29.6. The molecule has 1 amide bonds. The van der Waals surface area contributed by atoms with Crippen molar-refractivity contribution in [3.05, 3.63) is 76.6 Å². The van der Waals surface area contributed by atoms with Crippen LogP contribution in [-0.2, 0) is 24.3 Å². The van der Waals surface area contributed by atoms with Gasteiger partial charge in [-0.1, -0.05) is 11.6 Å². The van der Waals surface area contributed by atoms with E-state index in [1.54, 1.807) is 0 Å². The number of rotatable bonds is 10. The molecule has 0 aromatic heterocycles. The van der Waals surface area contributed by atoms with Crippen LogP contribution in [0.1, 0.15) is 20.7 Å². The van der Waals surface area contributed by atoms with E-state index in [4.69, 9.17) is 21.1 Å². The lowest BCUT2D eigenvalue weighted by molar-refractivity contribution is -0.114. The molecule has 0 aliphatic carbocycles. The molecular weight excluding hydrogens is 571 g/mol. The first-order chi connectivity index (χ1) is 18.9. The summed E-state index contributed by atoms with van der Waals surface area (Å²) in [6.07, 6.45) is 0. The third kappa shape index (κ3) is 6.61. The van der Waals surface area contributed by atoms with Gasteiger partial charge in [-0.05, 0) is 48.5 Å². The van der Waals surface area contributed by atoms with Gasteiger partial charge >= 0.3 is 11.9 Å². The van der Waals surface area contributed by atoms with E-state index in [1.165, 1.54) is 50.6 Å². The first kappa shape index (κ1) is 30.2. The molecule has 0 fully saturated rings. The topological polar surface area (TPSA) is 138 Å². The van der Waals surface area contributed by atoms with Crippen molar-refractivity contribution in [3.8, 4) is 11.5 Å². The molecule has 3 aromatic rings. The molecule has 0 unspecified atom stereocenters. The average Bonchev–Trinajstić information content (AvgIpc) is 2.95. The summed E-state index contributed by atoms with van der Waals surface area (Å²) in [7, 11) is 0.501. The van der Waals surface area contributed by atoms with E-state index < -0.39 is 40.2 Å². The summed E-state index contributed by atoms with van der Waals surface area (Å²) < 4.78 is 61.8. The number of sulfonamides is 1. The Morgan fingerprint density at radius 1 is 0.850 bits per heavy atom. The van der Waals surface area contributed by atoms with Crippen LogP contribution < -0.4 is 19.1 Å². The predicted molar refractivity (Wildman–Crippen MR) is 143 cm³/mol. The number of hydrogen-bond acceptors (Lipinski definition) is 9. The highest BCUT2D eigenvalue weighted by Crippen LogP contribution is 2.33. The molecular formula is C26H24ClFN2O9S. The normalized spacial score (nSPS) is 10.8. The van der Waals surface area contributed by atoms with Crippen LogP contribution in [0.3, 0.4) is 0 Å². The zero-order valence-corrected chi connectivity index (χ0v) is 23.3. The molecule has 0 aliphatic rings. The van der Waals surface area contributed by atoms with Crippen LogP contribution in [0.15, 0.2) is 59.5 Å². The molecule has 0 saturated carbocycles. The average molecular weight is 595 g/mol. The third-order valence-electron chi connectivity index (χ3n) is 5.48. The molecule has 11 nitrogen and oxygen atoms in total. The van der Waals surface area contributed by atoms with Gasteiger partial charge in [-0.2, -0.15) is 0 Å². The minimum Gasteiger partial charge on any atom is -0.493 e. The van der Waals surface area contributed by atoms with Crippen LogP contribution in [-0.4, -0.2) is 61.2 Å². The Kier molecular flexibility index (Phi) is 9.56. The molecule has 14 heteroatoms. The summed E-state index contributed by atoms with van der Waals surface area (Å²) in [4.78, 5) is 37.1. The highest BCUT2D eigenvalue weighted by atomic mass is 35.5. The number of hydrogen-bond donors (Lipinski definition) is 1. The maximum atomic E-state index is 13.9. The first-order valence-electron chi connectivity index (χ1n) is 11.3. The fraction of sp³-hybridized carbons (Fsp3) is 0.192. The van der Waals surface area contributed by atoms with E-state index in [2.05, 4.69) is 14.8 Å². The van der Waals surface area contributed by atoms with Gasteiger partial charge in [0.15, 0.2) is 11.5 Å². The second-order valence-corrected chi connectivity index (χ2v) is 10.2. The quantitative estimate of drug-likeness (QED) is 0.346. The Bertz CT molecular complexity index is 1530. The molecule has 40 heavy (non-hydrogen) atoms. The Morgan fingerprint density at radius 3 is 1.98 bits per heavy atom. The van der Waals surface area contributed by atoms with Crippen molar-refractivity contribution in [1.82, 2.24) is 0 Å². The number of ether oxygens (including phenoxy) is 4. The van der Waals surface area contributed by atoms with E-state index in [9.17, 15) is 27.2 Å². The minimum absolute atomic E-state index is 0.0195. The molecule has 0 bridgehead atoms. The second kappa shape index (κ2) is 12.7. The highest BCUT2D eigenvalue weighted by molar-refractivity contribution is 7.92. The molecule has 0 spiro atoms. The molecule has 1 N–H and O–H groups in total. The standard InChI is InChI=1S/C26H24ClFN2O9S/c1-36-22-8-6-19(13-23(22)37-2)40(34,35)30(18-5-7-21(28)20(27)12-18)14-24(31)29-17-10-15(25(32)38-3)9-16(11-17)26(33)39-4/h5-13H,14H2,1-4H3,(H,29,31). The Hall–Kier alpha value is -4.36. The zero-order valence-electron chi connectivity index (χ0n) is 21.7. The summed E-state index contributed by atoms with van der Waals surface area (Å²) in [5, 5.41) is 2.08. The van der Waals surface area contributed by atoms with E-state index in [0.29, 0.717) is 4.31 Å². The molecule has 3 rings (SSSR count). The predicted octanol–water partition coefficient (Wildman–Crippen LogP) is 3.90. The van der Waals surface area contributed by atoms with Gasteiger partial charge in [-0.15, -0.1) is 0 Å². The van der Waals surface area contributed by atoms with Crippen LogP contribution in [0, 0.1) is 5.82 Å². The number of nitrogens with zero attached hydrogens (tertiary/aromatic N) is 1. The summed E-state index contributed by atoms with van der Waals surface area (Å²) >= 11 is 5.91. The van der Waals surface area contributed by atoms with Gasteiger partial charge in [-0.3, -0.25) is 9.10 Å². The van der Waals surface area contributed by atoms with Gasteiger partial charge in [0, 0.05) is 11.8 Å². The molecule has 3 aromatic carbocycles. The smallest absolute Gasteiger partial charge is 0.337 e. The van der Waals surface area contributed by atoms with Gasteiger partial charge in [0.2, 0.25) is 5.91 Å². The molecule has 0 aliphatic heterocycles. The largest absolute Gasteiger partial charge is 0.493 e. The van der Waals surface area contributed by atoms with Crippen molar-refractivity contribution in [2.75, 3.05) is 44.6 Å². The number of halogens is 2. The number of anilines is 2. The third-order valence-corrected chi connectivity index (χ3v) is 7.54. The van der Waals surface area contributed by atoms with E-state index in [-0.39, 0.29) is 43.9 Å². The van der Waals surface area contributed by atoms with Crippen molar-refractivity contribution in [1.29, 1.82) is 0 Å². The molecule has 0 radical (unpaired) electrons. The van der Waals surface area contributed by atoms with Crippen molar-refractivity contribution < 1.29 is 46.1 Å². The van der Waals surface area contributed by atoms with Crippen LogP contribution in [0.5, 0.6) is 11.5 Å². The number of carbonyl (C=O) groups is 3. The van der Waals surface area contributed by atoms with E-state index in [0.717, 1.165) is 32.4 Å². The number of methoxy groups -OCH3 is 4. The number of esters is 2. The van der Waals surface area contributed by atoms with Gasteiger partial charge in [0.1, 0.15) is 12.4 Å². The maximum absolute atomic E-state index is 13.9. The van der Waals surface area contributed by atoms with Crippen LogP contribution in [0.2, 0.25) is 5.02 Å². The van der Waals surface area contributed by atoms with Gasteiger partial charge < -0.3 is 24.3 Å². The fourth-order valence-corrected chi connectivity index (χ4v) is 5.17. The van der Waals surface area contributed by atoms with Crippen LogP contribution in [0.25, 0.3) is 0 Å². The molecule has 0 saturated heterocycles. The molecule has 212 valence electrons. The van der Waals surface area contributed by atoms with Gasteiger partial charge in [0.05, 0.1) is 55.2 Å². The maximum Gasteiger partial charge on any atom is 0.337 e. The van der Waals surface area contributed by atoms with Crippen LogP contribution >= 0.6 is 11.6 Å². The minimum atomic E-state index is -4.47. The van der Waals surface area contributed by atoms with E-state index >= 15 is 0 Å². The number of amides is 1. The SMILES string of the molecule is COC(=O)c1cc(NC(=O)CN(c2ccc(F)c(Cl)c2)S(=O)(=O)c2ccc(OC)c(OC)c2)cc(C(=O)OC)c1. The summed E-state index contributed by atoms with van der Waals surface area (Å²) in [5.41, 5.74) is -0.273. The van der Waals surface area contributed by atoms with Crippen molar-refractivity contribution in [2.24, 2.45) is 0 Å². The monoisotopic (exact) mass is 594 g/mol. The highest BCUT2D eigenvalue weighted by Gasteiger charge is 2.29. The lowest BCUT2D eigenvalue weighted by atomic mass is 10.1. The molecule has 0 heterocycles. The van der Waals surface area contributed by atoms with Crippen molar-refractivity contribution in [2.45, 2.75) is 4.90 Å². The van der Waals surface area contributed by atoms with Crippen molar-refractivity contribution in [3.63, 3.8) is 0 Å². The fourth-order valence-electron chi connectivity index (χ4n) is 3.56. The summed E-state index contributed by atoms with van der Waals surface area (Å²) in [5.74, 6) is -2.88. The van der Waals surface area contributed by atoms with Gasteiger partial charge in [-0.25, -0.2) is 22.4 Å². The number of carbonyl (C=O) groups excluding carboxylic acids is 3. The first-order valence-corrected chi connectivity index (χ1v) is 13.1. The number of benzene rings is 3. The second-order valence-electron chi connectivity index (χ2n) is 7.96. The number of nitrogens with one attached hydrogen (secondary N) is 1. The lowest BCUT2D eigenvalue weighted by Gasteiger charge is -2.25. The van der Waals surface area contributed by atoms with E-state index in [1.807, 2.05) is 0 Å². The Morgan fingerprint density at radius 2 is 1.45 bits per heavy atom. The summed E-state index contributed by atoms with van der Waals surface area (Å²) in [6.45, 7) is -0.811.